The highest BCUT2D eigenvalue weighted by Crippen LogP contribution is 2.24. The first-order valence-electron chi connectivity index (χ1n) is 6.42. The van der Waals surface area contributed by atoms with E-state index < -0.39 is 26.7 Å². The minimum Gasteiger partial charge on any atom is -0.478 e. The van der Waals surface area contributed by atoms with Gasteiger partial charge in [-0.15, -0.1) is 0 Å². The lowest BCUT2D eigenvalue weighted by atomic mass is 10.1. The normalized spacial score (nSPS) is 16.4. The molecule has 0 radical (unpaired) electrons. The molecule has 5 nitrogen and oxygen atoms in total. The van der Waals surface area contributed by atoms with Crippen LogP contribution in [0.5, 0.6) is 0 Å². The summed E-state index contributed by atoms with van der Waals surface area (Å²) in [6, 6.07) is 2.78. The third kappa shape index (κ3) is 3.34. The minimum atomic E-state index is -3.94. The topological polar surface area (TPSA) is 83.5 Å². The second-order valence-electron chi connectivity index (χ2n) is 4.95. The first-order chi connectivity index (χ1) is 9.40. The van der Waals surface area contributed by atoms with Gasteiger partial charge >= 0.3 is 5.97 Å². The molecule has 1 aliphatic carbocycles. The monoisotopic (exact) mass is 301 g/mol. The maximum Gasteiger partial charge on any atom is 0.335 e. The molecule has 1 saturated carbocycles. The molecule has 0 aromatic heterocycles. The SMILES string of the molecule is O=C(O)c1ccc(S(=O)(=O)NCC2CCCC2)c(F)c1. The summed E-state index contributed by atoms with van der Waals surface area (Å²) in [5, 5.41) is 8.72. The van der Waals surface area contributed by atoms with Crippen LogP contribution in [0.25, 0.3) is 0 Å². The van der Waals surface area contributed by atoms with Crippen molar-refractivity contribution >= 4 is 16.0 Å². The minimum absolute atomic E-state index is 0.280. The molecule has 0 spiro atoms. The van der Waals surface area contributed by atoms with Gasteiger partial charge in [-0.25, -0.2) is 22.3 Å². The van der Waals surface area contributed by atoms with Crippen LogP contribution in [0.1, 0.15) is 36.0 Å². The van der Waals surface area contributed by atoms with Crippen molar-refractivity contribution in [2.75, 3.05) is 6.54 Å². The van der Waals surface area contributed by atoms with Crippen LogP contribution in [0.2, 0.25) is 0 Å². The summed E-state index contributed by atoms with van der Waals surface area (Å²) >= 11 is 0. The van der Waals surface area contributed by atoms with Gasteiger partial charge < -0.3 is 5.11 Å². The van der Waals surface area contributed by atoms with E-state index in [0.717, 1.165) is 37.8 Å². The lowest BCUT2D eigenvalue weighted by molar-refractivity contribution is 0.0696. The summed E-state index contributed by atoms with van der Waals surface area (Å²) in [6.07, 6.45) is 4.13. The first kappa shape index (κ1) is 14.9. The van der Waals surface area contributed by atoms with Gasteiger partial charge in [0.2, 0.25) is 10.0 Å². The van der Waals surface area contributed by atoms with Crippen LogP contribution < -0.4 is 4.72 Å². The van der Waals surface area contributed by atoms with Crippen molar-refractivity contribution in [1.82, 2.24) is 4.72 Å². The molecule has 0 bridgehead atoms. The van der Waals surface area contributed by atoms with E-state index in [9.17, 15) is 17.6 Å². The fourth-order valence-electron chi connectivity index (χ4n) is 2.37. The van der Waals surface area contributed by atoms with Gasteiger partial charge in [0.25, 0.3) is 0 Å². The predicted molar refractivity (Wildman–Crippen MR) is 70.5 cm³/mol. The van der Waals surface area contributed by atoms with Crippen LogP contribution in [-0.4, -0.2) is 26.0 Å². The highest BCUT2D eigenvalue weighted by atomic mass is 32.2. The van der Waals surface area contributed by atoms with Crippen LogP contribution >= 0.6 is 0 Å². The molecule has 110 valence electrons. The maximum atomic E-state index is 13.7. The van der Waals surface area contributed by atoms with E-state index in [1.807, 2.05) is 0 Å². The molecule has 0 saturated heterocycles. The third-order valence-corrected chi connectivity index (χ3v) is 4.96. The molecular weight excluding hydrogens is 285 g/mol. The van der Waals surface area contributed by atoms with E-state index in [2.05, 4.69) is 4.72 Å². The van der Waals surface area contributed by atoms with Crippen LogP contribution in [0.4, 0.5) is 4.39 Å². The van der Waals surface area contributed by atoms with E-state index in [1.54, 1.807) is 0 Å². The fraction of sp³-hybridized carbons (Fsp3) is 0.462. The number of hydrogen-bond acceptors (Lipinski definition) is 3. The summed E-state index contributed by atoms with van der Waals surface area (Å²) in [4.78, 5) is 10.2. The van der Waals surface area contributed by atoms with Gasteiger partial charge in [-0.3, -0.25) is 0 Å². The highest BCUT2D eigenvalue weighted by Gasteiger charge is 2.23. The Labute approximate surface area is 116 Å². The van der Waals surface area contributed by atoms with Gasteiger partial charge in [-0.1, -0.05) is 12.8 Å². The predicted octanol–water partition coefficient (Wildman–Crippen LogP) is 1.99. The summed E-state index contributed by atoms with van der Waals surface area (Å²) in [6.45, 7) is 0.294. The van der Waals surface area contributed by atoms with Crippen molar-refractivity contribution in [1.29, 1.82) is 0 Å². The van der Waals surface area contributed by atoms with E-state index in [1.165, 1.54) is 0 Å². The Hall–Kier alpha value is -1.47. The van der Waals surface area contributed by atoms with Gasteiger partial charge in [0.15, 0.2) is 0 Å². The largest absolute Gasteiger partial charge is 0.478 e. The van der Waals surface area contributed by atoms with Crippen LogP contribution in [0.3, 0.4) is 0 Å². The van der Waals surface area contributed by atoms with Crippen molar-refractivity contribution in [3.05, 3.63) is 29.6 Å². The number of carboxylic acids is 1. The third-order valence-electron chi connectivity index (χ3n) is 3.51. The molecule has 2 rings (SSSR count). The van der Waals surface area contributed by atoms with Crippen molar-refractivity contribution in [2.24, 2.45) is 5.92 Å². The Kier molecular flexibility index (Phi) is 4.39. The average molecular weight is 301 g/mol. The number of halogens is 1. The second kappa shape index (κ2) is 5.88. The average Bonchev–Trinajstić information content (AvgIpc) is 2.89. The fourth-order valence-corrected chi connectivity index (χ4v) is 3.55. The van der Waals surface area contributed by atoms with Gasteiger partial charge in [0.05, 0.1) is 5.56 Å². The van der Waals surface area contributed by atoms with Crippen molar-refractivity contribution in [3.8, 4) is 0 Å². The molecule has 1 fully saturated rings. The lowest BCUT2D eigenvalue weighted by Gasteiger charge is -2.12. The molecule has 20 heavy (non-hydrogen) atoms. The quantitative estimate of drug-likeness (QED) is 0.871. The Morgan fingerprint density at radius 2 is 2.00 bits per heavy atom. The summed E-state index contributed by atoms with van der Waals surface area (Å²) in [5.41, 5.74) is -0.280. The molecule has 1 aromatic carbocycles. The van der Waals surface area contributed by atoms with E-state index in [0.29, 0.717) is 18.5 Å². The molecule has 0 amide bonds. The van der Waals surface area contributed by atoms with Crippen LogP contribution in [0.15, 0.2) is 23.1 Å². The van der Waals surface area contributed by atoms with E-state index in [4.69, 9.17) is 5.11 Å². The highest BCUT2D eigenvalue weighted by molar-refractivity contribution is 7.89. The molecule has 2 N–H and O–H groups in total. The summed E-state index contributed by atoms with van der Waals surface area (Å²) in [7, 11) is -3.94. The number of hydrogen-bond donors (Lipinski definition) is 2. The number of benzene rings is 1. The molecule has 0 aliphatic heterocycles. The Bertz CT molecular complexity index is 609. The van der Waals surface area contributed by atoms with Gasteiger partial charge in [-0.2, -0.15) is 0 Å². The van der Waals surface area contributed by atoms with Gasteiger partial charge in [0.1, 0.15) is 10.7 Å². The first-order valence-corrected chi connectivity index (χ1v) is 7.91. The number of rotatable bonds is 5. The van der Waals surface area contributed by atoms with Crippen molar-refractivity contribution < 1.29 is 22.7 Å². The number of aromatic carboxylic acids is 1. The molecule has 0 unspecified atom stereocenters. The molecule has 0 atom stereocenters. The molecule has 0 heterocycles. The zero-order valence-electron chi connectivity index (χ0n) is 10.8. The maximum absolute atomic E-state index is 13.7. The Morgan fingerprint density at radius 1 is 1.35 bits per heavy atom. The summed E-state index contributed by atoms with van der Waals surface area (Å²) in [5.74, 6) is -2.05. The van der Waals surface area contributed by atoms with Gasteiger partial charge in [0, 0.05) is 6.54 Å². The number of carbonyl (C=O) groups is 1. The molecule has 1 aliphatic rings. The standard InChI is InChI=1S/C13H16FNO4S/c14-11-7-10(13(16)17)5-6-12(11)20(18,19)15-8-9-3-1-2-4-9/h5-7,9,15H,1-4,8H2,(H,16,17). The molecule has 1 aromatic rings. The molecule has 7 heteroatoms. The number of nitrogens with one attached hydrogen (secondary N) is 1. The number of sulfonamides is 1. The molecular formula is C13H16FNO4S. The lowest BCUT2D eigenvalue weighted by Crippen LogP contribution is -2.29. The van der Waals surface area contributed by atoms with Crippen LogP contribution in [-0.2, 0) is 10.0 Å². The summed E-state index contributed by atoms with van der Waals surface area (Å²) < 4.78 is 40.1. The van der Waals surface area contributed by atoms with Crippen molar-refractivity contribution in [2.45, 2.75) is 30.6 Å². The van der Waals surface area contributed by atoms with Crippen LogP contribution in [0, 0.1) is 11.7 Å². The number of carboxylic acid groups (broad SMARTS) is 1. The Balaban J connectivity index is 2.14. The van der Waals surface area contributed by atoms with Gasteiger partial charge in [-0.05, 0) is 37.0 Å². The smallest absolute Gasteiger partial charge is 0.335 e. The Morgan fingerprint density at radius 3 is 2.55 bits per heavy atom. The second-order valence-corrected chi connectivity index (χ2v) is 6.69. The van der Waals surface area contributed by atoms with E-state index >= 15 is 0 Å². The van der Waals surface area contributed by atoms with E-state index in [-0.39, 0.29) is 5.56 Å². The zero-order valence-corrected chi connectivity index (χ0v) is 11.6. The van der Waals surface area contributed by atoms with Crippen molar-refractivity contribution in [3.63, 3.8) is 0 Å². The zero-order chi connectivity index (χ0) is 14.8.